The summed E-state index contributed by atoms with van der Waals surface area (Å²) in [6.07, 6.45) is -0.199. The summed E-state index contributed by atoms with van der Waals surface area (Å²) in [5.74, 6) is 0.294. The van der Waals surface area contributed by atoms with Crippen molar-refractivity contribution in [2.75, 3.05) is 18.6 Å². The van der Waals surface area contributed by atoms with Crippen molar-refractivity contribution in [3.8, 4) is 0 Å². The van der Waals surface area contributed by atoms with Crippen LogP contribution in [-0.2, 0) is 10.5 Å². The monoisotopic (exact) mass is 320 g/mol. The number of H-pyrrole nitrogens is 1. The summed E-state index contributed by atoms with van der Waals surface area (Å²) in [6.45, 7) is -0.426. The lowest BCUT2D eigenvalue weighted by Gasteiger charge is -2.33. The van der Waals surface area contributed by atoms with Crippen molar-refractivity contribution in [1.82, 2.24) is 9.55 Å². The van der Waals surface area contributed by atoms with Crippen LogP contribution in [0.4, 0.5) is 0 Å². The van der Waals surface area contributed by atoms with E-state index >= 15 is 0 Å². The van der Waals surface area contributed by atoms with Crippen molar-refractivity contribution in [3.05, 3.63) is 27.4 Å². The normalized spacial score (nSPS) is 33.5. The standard InChI is InChI=1S/C11H16N2O5S2/c1-20-5-11(9(17)8(16)6(4-14)18-11)13-3-2-7(15)12-10(13)19/h2-3,6,8-9,14,16-17H,4-5H2,1H3,(H,12,15,19)/t6-,8-,9-,11-/m1/s1. The van der Waals surface area contributed by atoms with Gasteiger partial charge in [0.05, 0.1) is 6.61 Å². The number of hydrogen-bond donors (Lipinski definition) is 4. The first-order chi connectivity index (χ1) is 9.46. The zero-order valence-electron chi connectivity index (χ0n) is 10.7. The number of hydrogen-bond acceptors (Lipinski definition) is 7. The average Bonchev–Trinajstić information content (AvgIpc) is 2.65. The van der Waals surface area contributed by atoms with Crippen LogP contribution in [0.2, 0.25) is 0 Å². The van der Waals surface area contributed by atoms with Gasteiger partial charge in [0.1, 0.15) is 18.3 Å². The van der Waals surface area contributed by atoms with Gasteiger partial charge in [-0.05, 0) is 18.5 Å². The smallest absolute Gasteiger partial charge is 0.251 e. The van der Waals surface area contributed by atoms with Crippen molar-refractivity contribution in [3.63, 3.8) is 0 Å². The number of ether oxygens (including phenoxy) is 1. The summed E-state index contributed by atoms with van der Waals surface area (Å²) >= 11 is 6.48. The molecule has 1 aromatic heterocycles. The second-order valence-electron chi connectivity index (χ2n) is 4.53. The molecule has 1 aliphatic rings. The molecule has 0 amide bonds. The molecule has 112 valence electrons. The first kappa shape index (κ1) is 15.7. The van der Waals surface area contributed by atoms with Gasteiger partial charge in [-0.15, -0.1) is 0 Å². The molecule has 20 heavy (non-hydrogen) atoms. The highest BCUT2D eigenvalue weighted by Gasteiger charge is 2.55. The van der Waals surface area contributed by atoms with Gasteiger partial charge in [0.15, 0.2) is 10.5 Å². The largest absolute Gasteiger partial charge is 0.394 e. The molecule has 1 aromatic rings. The highest BCUT2D eigenvalue weighted by atomic mass is 32.2. The van der Waals surface area contributed by atoms with Crippen LogP contribution in [0.15, 0.2) is 17.1 Å². The average molecular weight is 320 g/mol. The Morgan fingerprint density at radius 1 is 1.60 bits per heavy atom. The molecule has 0 bridgehead atoms. The molecule has 2 rings (SSSR count). The highest BCUT2D eigenvalue weighted by Crippen LogP contribution is 2.37. The molecule has 0 saturated carbocycles. The summed E-state index contributed by atoms with van der Waals surface area (Å²) in [7, 11) is 0. The van der Waals surface area contributed by atoms with E-state index in [4.69, 9.17) is 17.0 Å². The molecule has 1 saturated heterocycles. The number of thioether (sulfide) groups is 1. The summed E-state index contributed by atoms with van der Waals surface area (Å²) in [5.41, 5.74) is -1.69. The molecule has 4 N–H and O–H groups in total. The summed E-state index contributed by atoms with van der Waals surface area (Å²) in [5, 5.41) is 29.5. The first-order valence-electron chi connectivity index (χ1n) is 5.92. The van der Waals surface area contributed by atoms with Gasteiger partial charge in [-0.2, -0.15) is 11.8 Å². The summed E-state index contributed by atoms with van der Waals surface area (Å²) in [6, 6.07) is 1.26. The number of rotatable bonds is 4. The molecule has 0 aliphatic carbocycles. The van der Waals surface area contributed by atoms with Crippen LogP contribution >= 0.6 is 24.0 Å². The Bertz CT molecular complexity index is 589. The Hall–Kier alpha value is -0.710. The van der Waals surface area contributed by atoms with Crippen molar-refractivity contribution in [2.24, 2.45) is 0 Å². The minimum atomic E-state index is -1.33. The van der Waals surface area contributed by atoms with Crippen LogP contribution in [0, 0.1) is 4.77 Å². The van der Waals surface area contributed by atoms with E-state index < -0.39 is 30.6 Å². The van der Waals surface area contributed by atoms with Gasteiger partial charge in [-0.25, -0.2) is 0 Å². The third-order valence-corrected chi connectivity index (χ3v) is 4.29. The van der Waals surface area contributed by atoms with Crippen molar-refractivity contribution < 1.29 is 20.1 Å². The number of aromatic amines is 1. The maximum absolute atomic E-state index is 11.3. The molecule has 0 radical (unpaired) electrons. The molecular weight excluding hydrogens is 304 g/mol. The molecule has 1 aliphatic heterocycles. The number of nitrogens with zero attached hydrogens (tertiary/aromatic N) is 1. The van der Waals surface area contributed by atoms with Gasteiger partial charge >= 0.3 is 0 Å². The van der Waals surface area contributed by atoms with Crippen molar-refractivity contribution in [2.45, 2.75) is 24.0 Å². The fourth-order valence-corrected chi connectivity index (χ4v) is 3.43. The van der Waals surface area contributed by atoms with E-state index in [0.717, 1.165) is 0 Å². The van der Waals surface area contributed by atoms with E-state index in [1.54, 1.807) is 0 Å². The Morgan fingerprint density at radius 3 is 2.80 bits per heavy atom. The van der Waals surface area contributed by atoms with Gasteiger partial charge in [-0.3, -0.25) is 14.3 Å². The molecule has 1 fully saturated rings. The molecule has 4 atom stereocenters. The minimum absolute atomic E-state index is 0.0800. The molecule has 0 spiro atoms. The lowest BCUT2D eigenvalue weighted by molar-refractivity contribution is -0.132. The molecule has 0 unspecified atom stereocenters. The fourth-order valence-electron chi connectivity index (χ4n) is 2.33. The third-order valence-electron chi connectivity index (χ3n) is 3.28. The number of aliphatic hydroxyl groups is 3. The fraction of sp³-hybridized carbons (Fsp3) is 0.636. The molecule has 7 nitrogen and oxygen atoms in total. The van der Waals surface area contributed by atoms with Crippen LogP contribution in [0.1, 0.15) is 0 Å². The maximum atomic E-state index is 11.3. The van der Waals surface area contributed by atoms with Crippen molar-refractivity contribution in [1.29, 1.82) is 0 Å². The Morgan fingerprint density at radius 2 is 2.30 bits per heavy atom. The zero-order valence-corrected chi connectivity index (χ0v) is 12.4. The SMILES string of the molecule is CSC[C@@]1(n2ccc(=O)[nH]c2=S)O[C@H](CO)[C@@H](O)[C@H]1O. The predicted molar refractivity (Wildman–Crippen MR) is 76.2 cm³/mol. The molecule has 0 aromatic carbocycles. The molecular formula is C11H16N2O5S2. The Balaban J connectivity index is 2.55. The first-order valence-corrected chi connectivity index (χ1v) is 7.72. The van der Waals surface area contributed by atoms with Gasteiger partial charge in [0, 0.05) is 18.0 Å². The Kier molecular flexibility index (Phi) is 4.67. The van der Waals surface area contributed by atoms with Crippen LogP contribution < -0.4 is 5.56 Å². The van der Waals surface area contributed by atoms with E-state index in [0.29, 0.717) is 5.75 Å². The van der Waals surface area contributed by atoms with Crippen LogP contribution in [0.5, 0.6) is 0 Å². The van der Waals surface area contributed by atoms with Crippen LogP contribution in [-0.4, -0.2) is 61.8 Å². The topological polar surface area (TPSA) is 108 Å². The number of aliphatic hydroxyl groups excluding tert-OH is 3. The van der Waals surface area contributed by atoms with Gasteiger partial charge in [-0.1, -0.05) is 0 Å². The predicted octanol–water partition coefficient (Wildman–Crippen LogP) is -0.965. The number of nitrogens with one attached hydrogen (secondary N) is 1. The lowest BCUT2D eigenvalue weighted by atomic mass is 10.0. The van der Waals surface area contributed by atoms with Gasteiger partial charge < -0.3 is 20.1 Å². The zero-order chi connectivity index (χ0) is 14.9. The lowest BCUT2D eigenvalue weighted by Crippen LogP contribution is -2.48. The summed E-state index contributed by atoms with van der Waals surface area (Å²) < 4.78 is 7.16. The quantitative estimate of drug-likeness (QED) is 0.529. The third kappa shape index (κ3) is 2.45. The summed E-state index contributed by atoms with van der Waals surface area (Å²) in [4.78, 5) is 13.7. The Labute approximate surface area is 124 Å². The van der Waals surface area contributed by atoms with E-state index in [-0.39, 0.29) is 10.3 Å². The van der Waals surface area contributed by atoms with Crippen molar-refractivity contribution >= 4 is 24.0 Å². The highest BCUT2D eigenvalue weighted by molar-refractivity contribution is 7.98. The van der Waals surface area contributed by atoms with Gasteiger partial charge in [0.2, 0.25) is 0 Å². The van der Waals surface area contributed by atoms with E-state index in [1.165, 1.54) is 28.6 Å². The second kappa shape index (κ2) is 5.96. The van der Waals surface area contributed by atoms with E-state index in [1.807, 2.05) is 6.26 Å². The maximum Gasteiger partial charge on any atom is 0.251 e. The number of aromatic nitrogens is 2. The molecule has 9 heteroatoms. The van der Waals surface area contributed by atoms with Crippen LogP contribution in [0.25, 0.3) is 0 Å². The van der Waals surface area contributed by atoms with E-state index in [9.17, 15) is 20.1 Å². The van der Waals surface area contributed by atoms with Gasteiger partial charge in [0.25, 0.3) is 5.56 Å². The molecule has 2 heterocycles. The minimum Gasteiger partial charge on any atom is -0.394 e. The second-order valence-corrected chi connectivity index (χ2v) is 5.78. The van der Waals surface area contributed by atoms with E-state index in [2.05, 4.69) is 4.98 Å². The van der Waals surface area contributed by atoms with Crippen LogP contribution in [0.3, 0.4) is 0 Å².